The van der Waals surface area contributed by atoms with Crippen LogP contribution in [0.5, 0.6) is 11.5 Å². The van der Waals surface area contributed by atoms with Crippen LogP contribution in [0.15, 0.2) is 121 Å². The van der Waals surface area contributed by atoms with Crippen molar-refractivity contribution in [1.29, 1.82) is 0 Å². The molecule has 0 unspecified atom stereocenters. The van der Waals surface area contributed by atoms with Crippen LogP contribution in [0.3, 0.4) is 0 Å². The largest absolute Gasteiger partial charge is 0.497 e. The third kappa shape index (κ3) is 17.1. The van der Waals surface area contributed by atoms with Gasteiger partial charge in [0.2, 0.25) is 0 Å². The average Bonchev–Trinajstić information content (AvgIpc) is 3.32. The molecule has 0 amide bonds. The van der Waals surface area contributed by atoms with Gasteiger partial charge in [0.1, 0.15) is 18.3 Å². The topological polar surface area (TPSA) is 73.8 Å². The van der Waals surface area contributed by atoms with Crippen LogP contribution >= 0.6 is 0 Å². The molecule has 0 saturated carbocycles. The molecule has 8 nitrogen and oxygen atoms in total. The Kier molecular flexibility index (Phi) is 23.2. The van der Waals surface area contributed by atoms with Gasteiger partial charge in [-0.05, 0) is 114 Å². The Hall–Kier alpha value is -3.59. The number of ether oxygens (including phenoxy) is 6. The minimum absolute atomic E-state index is 0.0000285. The molecule has 4 aromatic rings. The zero-order valence-electron chi connectivity index (χ0n) is 44.4. The Bertz CT molecular complexity index is 1970. The molecule has 0 heterocycles. The summed E-state index contributed by atoms with van der Waals surface area (Å²) < 4.78 is 51.4. The predicted molar refractivity (Wildman–Crippen MR) is 286 cm³/mol. The first-order chi connectivity index (χ1) is 32.4. The maximum Gasteiger partial charge on any atom is 0.261 e. The first-order valence-electron chi connectivity index (χ1n) is 25.1. The molecule has 0 bridgehead atoms. The van der Waals surface area contributed by atoms with Gasteiger partial charge < -0.3 is 37.3 Å². The third-order valence-corrected chi connectivity index (χ3v) is 23.3. The van der Waals surface area contributed by atoms with Crippen LogP contribution in [-0.4, -0.2) is 75.8 Å². The smallest absolute Gasteiger partial charge is 0.261 e. The molecule has 0 saturated heterocycles. The number of hydrogen-bond acceptors (Lipinski definition) is 8. The van der Waals surface area contributed by atoms with E-state index in [2.05, 4.69) is 166 Å². The molecule has 68 heavy (non-hydrogen) atoms. The van der Waals surface area contributed by atoms with Crippen molar-refractivity contribution < 1.29 is 37.3 Å². The first kappa shape index (κ1) is 57.0. The third-order valence-electron chi connectivity index (χ3n) is 13.8. The molecule has 4 rings (SSSR count). The van der Waals surface area contributed by atoms with Gasteiger partial charge in [0.15, 0.2) is 8.32 Å². The lowest BCUT2D eigenvalue weighted by atomic mass is 9.90. The van der Waals surface area contributed by atoms with E-state index in [1.165, 1.54) is 15.9 Å². The molecule has 0 radical (unpaired) electrons. The van der Waals surface area contributed by atoms with Crippen LogP contribution < -0.4 is 19.8 Å². The Balaban J connectivity index is 1.68. The van der Waals surface area contributed by atoms with Crippen molar-refractivity contribution in [3.63, 3.8) is 0 Å². The van der Waals surface area contributed by atoms with Gasteiger partial charge in [-0.2, -0.15) is 0 Å². The van der Waals surface area contributed by atoms with Crippen molar-refractivity contribution in [3.05, 3.63) is 132 Å². The second-order valence-corrected chi connectivity index (χ2v) is 30.2. The second kappa shape index (κ2) is 27.7. The van der Waals surface area contributed by atoms with Gasteiger partial charge >= 0.3 is 0 Å². The first-order valence-corrected chi connectivity index (χ1v) is 29.9. The molecule has 0 fully saturated rings. The monoisotopic (exact) mass is 969 g/mol. The van der Waals surface area contributed by atoms with Gasteiger partial charge in [-0.25, -0.2) is 0 Å². The Morgan fingerprint density at radius 1 is 0.632 bits per heavy atom. The molecule has 0 N–H and O–H groups in total. The Morgan fingerprint density at radius 2 is 1.16 bits per heavy atom. The number of hydrogen-bond donors (Lipinski definition) is 0. The van der Waals surface area contributed by atoms with Crippen LogP contribution in [0.4, 0.5) is 0 Å². The quantitative estimate of drug-likeness (QED) is 0.0221. The number of benzene rings is 4. The van der Waals surface area contributed by atoms with Crippen molar-refractivity contribution in [2.45, 2.75) is 168 Å². The molecule has 10 heteroatoms. The Morgan fingerprint density at radius 3 is 1.63 bits per heavy atom. The van der Waals surface area contributed by atoms with E-state index in [1.54, 1.807) is 21.3 Å². The van der Waals surface area contributed by atoms with Crippen molar-refractivity contribution in [3.8, 4) is 11.5 Å². The van der Waals surface area contributed by atoms with Crippen molar-refractivity contribution in [2.75, 3.05) is 34.7 Å². The highest BCUT2D eigenvalue weighted by Gasteiger charge is 2.50. The van der Waals surface area contributed by atoms with Gasteiger partial charge in [0.25, 0.3) is 8.32 Å². The molecule has 4 aromatic carbocycles. The zero-order valence-corrected chi connectivity index (χ0v) is 46.4. The fourth-order valence-electron chi connectivity index (χ4n) is 8.77. The summed E-state index contributed by atoms with van der Waals surface area (Å²) in [6, 6.07) is 38.2. The van der Waals surface area contributed by atoms with Crippen molar-refractivity contribution in [2.24, 2.45) is 5.92 Å². The molecule has 0 aromatic heterocycles. The summed E-state index contributed by atoms with van der Waals surface area (Å²) in [6.07, 6.45) is 8.15. The molecule has 0 spiro atoms. The van der Waals surface area contributed by atoms with Gasteiger partial charge in [-0.15, -0.1) is 0 Å². The summed E-state index contributed by atoms with van der Waals surface area (Å²) in [5.41, 5.74) is 3.42. The lowest BCUT2D eigenvalue weighted by Crippen LogP contribution is -2.66. The number of methoxy groups -OCH3 is 3. The van der Waals surface area contributed by atoms with Crippen LogP contribution in [-0.2, 0) is 41.0 Å². The minimum atomic E-state index is -2.66. The van der Waals surface area contributed by atoms with Gasteiger partial charge in [-0.3, -0.25) is 0 Å². The number of rotatable bonds is 30. The molecule has 0 aliphatic heterocycles. The number of unbranched alkanes of at least 4 members (excludes halogenated alkanes) is 1. The lowest BCUT2D eigenvalue weighted by Gasteiger charge is -2.43. The summed E-state index contributed by atoms with van der Waals surface area (Å²) >= 11 is 0. The summed E-state index contributed by atoms with van der Waals surface area (Å²) in [5.74, 6) is 1.65. The molecular weight excluding hydrogens is 881 g/mol. The van der Waals surface area contributed by atoms with E-state index >= 15 is 0 Å². The van der Waals surface area contributed by atoms with E-state index in [9.17, 15) is 0 Å². The highest BCUT2D eigenvalue weighted by Crippen LogP contribution is 2.41. The minimum Gasteiger partial charge on any atom is -0.497 e. The van der Waals surface area contributed by atoms with Crippen LogP contribution in [0.1, 0.15) is 118 Å². The van der Waals surface area contributed by atoms with E-state index in [1.807, 2.05) is 24.3 Å². The standard InChI is InChI=1S/C58H88O8Si2/c1-15-24-51(64-44-59-10)39-45(2)40-55(63-43-48-32-36-50(61-12)37-33-48)46(3)56(66-67(13,14)57(4,5)6)41-52(62-42-47-30-34-49(60-11)35-31-47)25-22-23-38-65-68(58(7,8)9,53-26-18-16-19-27-53)54-28-20-17-21-29-54/h16-21,26-37,40,46,51-52,55-56H,15,22-25,38-39,41-44H2,1-14H3/b45-40+/t46-,51-,52-,55-,56+/m1/s1. The van der Waals surface area contributed by atoms with Gasteiger partial charge in [0.05, 0.1) is 51.8 Å². The Labute approximate surface area is 414 Å². The van der Waals surface area contributed by atoms with Gasteiger partial charge in [0, 0.05) is 19.6 Å². The zero-order chi connectivity index (χ0) is 49.8. The summed E-state index contributed by atoms with van der Waals surface area (Å²) in [5, 5.41) is 2.52. The molecule has 376 valence electrons. The van der Waals surface area contributed by atoms with E-state index in [4.69, 9.17) is 37.3 Å². The summed E-state index contributed by atoms with van der Waals surface area (Å²) in [6.45, 7) is 27.3. The van der Waals surface area contributed by atoms with Crippen molar-refractivity contribution >= 4 is 27.0 Å². The van der Waals surface area contributed by atoms with E-state index < -0.39 is 16.6 Å². The predicted octanol–water partition coefficient (Wildman–Crippen LogP) is 13.5. The highest BCUT2D eigenvalue weighted by atomic mass is 28.4. The van der Waals surface area contributed by atoms with E-state index in [0.29, 0.717) is 19.8 Å². The molecule has 0 aliphatic carbocycles. The lowest BCUT2D eigenvalue weighted by molar-refractivity contribution is -0.0738. The molecule has 5 atom stereocenters. The molecule has 0 aliphatic rings. The fraction of sp³-hybridized carbons (Fsp3) is 0.552. The maximum atomic E-state index is 7.56. The fourth-order valence-corrected chi connectivity index (χ4v) is 14.8. The van der Waals surface area contributed by atoms with Gasteiger partial charge in [-0.1, -0.05) is 158 Å². The highest BCUT2D eigenvalue weighted by molar-refractivity contribution is 6.99. The average molecular weight is 970 g/mol. The van der Waals surface area contributed by atoms with Crippen LogP contribution in [0, 0.1) is 5.92 Å². The maximum absolute atomic E-state index is 7.56. The normalized spacial score (nSPS) is 15.1. The van der Waals surface area contributed by atoms with E-state index in [0.717, 1.165) is 67.6 Å². The summed E-state index contributed by atoms with van der Waals surface area (Å²) in [7, 11) is 0.125. The van der Waals surface area contributed by atoms with Crippen LogP contribution in [0.2, 0.25) is 23.2 Å². The summed E-state index contributed by atoms with van der Waals surface area (Å²) in [4.78, 5) is 0. The van der Waals surface area contributed by atoms with Crippen molar-refractivity contribution in [1.82, 2.24) is 0 Å². The van der Waals surface area contributed by atoms with Crippen LogP contribution in [0.25, 0.3) is 0 Å². The molecular formula is C58H88O8Si2. The SMILES string of the molecule is CCC[C@H](C/C(C)=C/[C@@H](OCc1ccc(OC)cc1)[C@@H](C)[C@H](C[C@@H](CCCCO[Si](c1ccccc1)(c1ccccc1)C(C)(C)C)OCc1ccc(OC)cc1)O[Si](C)(C)C(C)(C)C)OCOC. The van der Waals surface area contributed by atoms with E-state index in [-0.39, 0.29) is 47.2 Å². The second-order valence-electron chi connectivity index (χ2n) is 21.1.